The summed E-state index contributed by atoms with van der Waals surface area (Å²) in [4.78, 5) is 4.77. The van der Waals surface area contributed by atoms with Gasteiger partial charge in [-0.1, -0.05) is 41.4 Å². The van der Waals surface area contributed by atoms with Crippen LogP contribution < -0.4 is 14.8 Å². The van der Waals surface area contributed by atoms with E-state index in [1.807, 2.05) is 36.4 Å². The lowest BCUT2D eigenvalue weighted by molar-refractivity contribution is 0.284. The molecule has 0 aliphatic carbocycles. The fourth-order valence-corrected chi connectivity index (χ4v) is 5.46. The second kappa shape index (κ2) is 10.8. The van der Waals surface area contributed by atoms with Crippen LogP contribution in [0.1, 0.15) is 16.7 Å². The van der Waals surface area contributed by atoms with E-state index in [2.05, 4.69) is 54.7 Å². The molecule has 1 heterocycles. The van der Waals surface area contributed by atoms with E-state index < -0.39 is 0 Å². The topological polar surface area (TPSA) is 43.4 Å². The molecule has 0 saturated carbocycles. The first-order valence-electron chi connectivity index (χ1n) is 11.4. The van der Waals surface area contributed by atoms with Gasteiger partial charge in [-0.15, -0.1) is 11.3 Å². The van der Waals surface area contributed by atoms with Crippen molar-refractivity contribution in [1.82, 2.24) is 4.98 Å². The minimum atomic E-state index is 0.342. The SMILES string of the molecule is COc1cc(CNc2ccc(-c3nc4ccc(C)cc4s3)cc2)cc(Cl)c1OCc1cccc(Cl)c1. The molecule has 0 amide bonds. The van der Waals surface area contributed by atoms with Crippen LogP contribution in [0.2, 0.25) is 10.0 Å². The number of thiazole rings is 1. The van der Waals surface area contributed by atoms with Crippen molar-refractivity contribution in [3.8, 4) is 22.1 Å². The molecule has 1 N–H and O–H groups in total. The number of anilines is 1. The van der Waals surface area contributed by atoms with Gasteiger partial charge in [-0.05, 0) is 84.3 Å². The molecule has 0 saturated heterocycles. The molecule has 4 nitrogen and oxygen atoms in total. The highest BCUT2D eigenvalue weighted by atomic mass is 35.5. The Bertz CT molecular complexity index is 1520. The standard InChI is InChI=1S/C29H24Cl2N2O2S/c1-18-6-11-25-27(12-18)36-29(33-25)21-7-9-23(10-8-21)32-16-20-14-24(31)28(26(15-20)34-2)35-17-19-4-3-5-22(30)13-19/h3-15,32H,16-17H2,1-2H3. The molecule has 4 aromatic carbocycles. The summed E-state index contributed by atoms with van der Waals surface area (Å²) < 4.78 is 12.7. The largest absolute Gasteiger partial charge is 0.493 e. The Hall–Kier alpha value is -3.25. The predicted octanol–water partition coefficient (Wildman–Crippen LogP) is 8.78. The van der Waals surface area contributed by atoms with Crippen molar-refractivity contribution in [2.75, 3.05) is 12.4 Å². The molecule has 7 heteroatoms. The molecule has 5 rings (SSSR count). The van der Waals surface area contributed by atoms with Gasteiger partial charge in [-0.25, -0.2) is 4.98 Å². The number of nitrogens with one attached hydrogen (secondary N) is 1. The van der Waals surface area contributed by atoms with Gasteiger partial charge in [0.2, 0.25) is 0 Å². The molecule has 0 aliphatic rings. The molecule has 0 atom stereocenters. The molecule has 0 spiro atoms. The van der Waals surface area contributed by atoms with Crippen molar-refractivity contribution in [3.05, 3.63) is 106 Å². The second-order valence-electron chi connectivity index (χ2n) is 8.45. The highest BCUT2D eigenvalue weighted by molar-refractivity contribution is 7.21. The van der Waals surface area contributed by atoms with Crippen LogP contribution >= 0.6 is 34.5 Å². The molecule has 0 unspecified atom stereocenters. The van der Waals surface area contributed by atoms with E-state index >= 15 is 0 Å². The van der Waals surface area contributed by atoms with Crippen LogP contribution in [0.15, 0.2) is 78.9 Å². The number of methoxy groups -OCH3 is 1. The van der Waals surface area contributed by atoms with E-state index in [0.29, 0.717) is 34.7 Å². The van der Waals surface area contributed by atoms with Gasteiger partial charge in [-0.2, -0.15) is 0 Å². The average Bonchev–Trinajstić information content (AvgIpc) is 3.30. The summed E-state index contributed by atoms with van der Waals surface area (Å²) in [6.45, 7) is 3.03. The van der Waals surface area contributed by atoms with Crippen molar-refractivity contribution in [2.24, 2.45) is 0 Å². The van der Waals surface area contributed by atoms with Gasteiger partial charge >= 0.3 is 0 Å². The van der Waals surface area contributed by atoms with Crippen molar-refractivity contribution in [3.63, 3.8) is 0 Å². The van der Waals surface area contributed by atoms with Gasteiger partial charge in [0.1, 0.15) is 11.6 Å². The lowest BCUT2D eigenvalue weighted by Gasteiger charge is -2.15. The Kier molecular flexibility index (Phi) is 7.33. The Labute approximate surface area is 224 Å². The van der Waals surface area contributed by atoms with E-state index in [1.54, 1.807) is 18.4 Å². The molecule has 36 heavy (non-hydrogen) atoms. The van der Waals surface area contributed by atoms with Crippen LogP contribution in [-0.4, -0.2) is 12.1 Å². The number of hydrogen-bond acceptors (Lipinski definition) is 5. The van der Waals surface area contributed by atoms with Gasteiger partial charge < -0.3 is 14.8 Å². The highest BCUT2D eigenvalue weighted by Crippen LogP contribution is 2.37. The quantitative estimate of drug-likeness (QED) is 0.216. The molecule has 182 valence electrons. The first-order chi connectivity index (χ1) is 17.5. The maximum absolute atomic E-state index is 6.56. The van der Waals surface area contributed by atoms with Gasteiger partial charge in [0.25, 0.3) is 0 Å². The van der Waals surface area contributed by atoms with Crippen molar-refractivity contribution in [2.45, 2.75) is 20.1 Å². The van der Waals surface area contributed by atoms with Gasteiger partial charge in [0.15, 0.2) is 11.5 Å². The van der Waals surface area contributed by atoms with E-state index in [0.717, 1.165) is 32.9 Å². The number of ether oxygens (including phenoxy) is 2. The molecular weight excluding hydrogens is 511 g/mol. The Morgan fingerprint density at radius 3 is 2.53 bits per heavy atom. The highest BCUT2D eigenvalue weighted by Gasteiger charge is 2.13. The summed E-state index contributed by atoms with van der Waals surface area (Å²) in [6.07, 6.45) is 0. The number of aromatic nitrogens is 1. The fraction of sp³-hybridized carbons (Fsp3) is 0.138. The van der Waals surface area contributed by atoms with Gasteiger partial charge in [-0.3, -0.25) is 0 Å². The third kappa shape index (κ3) is 5.59. The third-order valence-corrected chi connectivity index (χ3v) is 7.32. The van der Waals surface area contributed by atoms with Gasteiger partial charge in [0, 0.05) is 22.8 Å². The average molecular weight is 535 g/mol. The van der Waals surface area contributed by atoms with Crippen LogP contribution in [-0.2, 0) is 13.2 Å². The van der Waals surface area contributed by atoms with E-state index in [4.69, 9.17) is 37.7 Å². The number of benzene rings is 4. The summed E-state index contributed by atoms with van der Waals surface area (Å²) in [6, 6.07) is 26.0. The Morgan fingerprint density at radius 1 is 0.917 bits per heavy atom. The summed E-state index contributed by atoms with van der Waals surface area (Å²) in [7, 11) is 1.61. The Morgan fingerprint density at radius 2 is 1.75 bits per heavy atom. The van der Waals surface area contributed by atoms with Crippen LogP contribution in [0.25, 0.3) is 20.8 Å². The number of fused-ring (bicyclic) bond motifs is 1. The molecule has 0 aliphatic heterocycles. The number of aryl methyl sites for hydroxylation is 1. The van der Waals surface area contributed by atoms with E-state index in [-0.39, 0.29) is 0 Å². The summed E-state index contributed by atoms with van der Waals surface area (Å²) in [5, 5.41) is 5.63. The number of rotatable bonds is 8. The molecule has 0 radical (unpaired) electrons. The first kappa shape index (κ1) is 24.4. The zero-order valence-electron chi connectivity index (χ0n) is 19.8. The van der Waals surface area contributed by atoms with Crippen molar-refractivity contribution >= 4 is 50.4 Å². The molecular formula is C29H24Cl2N2O2S. The lowest BCUT2D eigenvalue weighted by atomic mass is 10.1. The van der Waals surface area contributed by atoms with E-state index in [1.165, 1.54) is 10.3 Å². The van der Waals surface area contributed by atoms with Gasteiger partial charge in [0.05, 0.1) is 22.3 Å². The van der Waals surface area contributed by atoms with Crippen LogP contribution in [0.5, 0.6) is 11.5 Å². The van der Waals surface area contributed by atoms with E-state index in [9.17, 15) is 0 Å². The van der Waals surface area contributed by atoms with Crippen LogP contribution in [0.3, 0.4) is 0 Å². The maximum atomic E-state index is 6.56. The molecule has 0 fully saturated rings. The monoisotopic (exact) mass is 534 g/mol. The zero-order valence-corrected chi connectivity index (χ0v) is 22.2. The first-order valence-corrected chi connectivity index (χ1v) is 13.0. The number of hydrogen-bond donors (Lipinski definition) is 1. The third-order valence-electron chi connectivity index (χ3n) is 5.73. The lowest BCUT2D eigenvalue weighted by Crippen LogP contribution is -2.02. The minimum absolute atomic E-state index is 0.342. The second-order valence-corrected chi connectivity index (χ2v) is 10.3. The fourth-order valence-electron chi connectivity index (χ4n) is 3.89. The molecule has 1 aromatic heterocycles. The van der Waals surface area contributed by atoms with Crippen LogP contribution in [0, 0.1) is 6.92 Å². The summed E-state index contributed by atoms with van der Waals surface area (Å²) in [5.74, 6) is 1.10. The normalized spacial score (nSPS) is 11.0. The zero-order chi connectivity index (χ0) is 25.1. The number of nitrogens with zero attached hydrogens (tertiary/aromatic N) is 1. The summed E-state index contributed by atoms with van der Waals surface area (Å²) in [5.41, 5.74) is 6.33. The van der Waals surface area contributed by atoms with Crippen LogP contribution in [0.4, 0.5) is 5.69 Å². The van der Waals surface area contributed by atoms with Crippen molar-refractivity contribution in [1.29, 1.82) is 0 Å². The minimum Gasteiger partial charge on any atom is -0.493 e. The maximum Gasteiger partial charge on any atom is 0.180 e. The molecule has 0 bridgehead atoms. The smallest absolute Gasteiger partial charge is 0.180 e. The predicted molar refractivity (Wildman–Crippen MR) is 151 cm³/mol. The number of halogens is 2. The van der Waals surface area contributed by atoms with Crippen molar-refractivity contribution < 1.29 is 9.47 Å². The Balaban J connectivity index is 1.25. The molecule has 5 aromatic rings. The summed E-state index contributed by atoms with van der Waals surface area (Å²) >= 11 is 14.3.